The molecule has 0 radical (unpaired) electrons. The molecule has 2 aromatic rings. The van der Waals surface area contributed by atoms with Crippen LogP contribution in [0.25, 0.3) is 11.1 Å². The van der Waals surface area contributed by atoms with E-state index < -0.39 is 0 Å². The average molecular weight is 286 g/mol. The van der Waals surface area contributed by atoms with Crippen LogP contribution in [0.5, 0.6) is 5.75 Å². The van der Waals surface area contributed by atoms with Gasteiger partial charge in [-0.05, 0) is 36.5 Å². The van der Waals surface area contributed by atoms with Gasteiger partial charge in [0.15, 0.2) is 0 Å². The van der Waals surface area contributed by atoms with Crippen LogP contribution in [0.2, 0.25) is 0 Å². The number of anilines is 1. The molecule has 1 aromatic carbocycles. The van der Waals surface area contributed by atoms with Crippen molar-refractivity contribution in [3.8, 4) is 16.9 Å². The van der Waals surface area contributed by atoms with Gasteiger partial charge >= 0.3 is 0 Å². The molecule has 1 heterocycles. The first kappa shape index (κ1) is 14.0. The Kier molecular flexibility index (Phi) is 4.13. The Labute approximate surface area is 125 Å². The van der Waals surface area contributed by atoms with Crippen molar-refractivity contribution in [3.63, 3.8) is 0 Å². The van der Waals surface area contributed by atoms with E-state index in [-0.39, 0.29) is 0 Å². The number of hydrogen-bond donors (Lipinski definition) is 1. The Morgan fingerprint density at radius 2 is 2.14 bits per heavy atom. The summed E-state index contributed by atoms with van der Waals surface area (Å²) in [7, 11) is 1.66. The summed E-state index contributed by atoms with van der Waals surface area (Å²) < 4.78 is 10.5. The minimum atomic E-state index is 0.393. The third-order valence-electron chi connectivity index (χ3n) is 4.41. The summed E-state index contributed by atoms with van der Waals surface area (Å²) in [4.78, 5) is 0. The highest BCUT2D eigenvalue weighted by Gasteiger charge is 2.19. The van der Waals surface area contributed by atoms with Gasteiger partial charge in [-0.3, -0.25) is 0 Å². The van der Waals surface area contributed by atoms with E-state index in [9.17, 15) is 0 Å². The summed E-state index contributed by atoms with van der Waals surface area (Å²) in [6.07, 6.45) is 7.53. The van der Waals surface area contributed by atoms with E-state index in [2.05, 4.69) is 5.16 Å². The Morgan fingerprint density at radius 3 is 2.90 bits per heavy atom. The van der Waals surface area contributed by atoms with Crippen LogP contribution in [0.15, 0.2) is 28.8 Å². The number of aromatic nitrogens is 1. The number of rotatable bonds is 5. The van der Waals surface area contributed by atoms with Crippen LogP contribution in [0.1, 0.15) is 37.8 Å². The normalized spacial score (nSPS) is 15.5. The van der Waals surface area contributed by atoms with Crippen molar-refractivity contribution in [3.05, 3.63) is 30.0 Å². The Balaban J connectivity index is 1.82. The molecule has 1 saturated carbocycles. The highest BCUT2D eigenvalue weighted by molar-refractivity contribution is 5.75. The van der Waals surface area contributed by atoms with Crippen molar-refractivity contribution >= 4 is 5.88 Å². The van der Waals surface area contributed by atoms with Gasteiger partial charge in [0.05, 0.1) is 18.4 Å². The van der Waals surface area contributed by atoms with Gasteiger partial charge in [0, 0.05) is 0 Å². The molecule has 0 saturated heterocycles. The Morgan fingerprint density at radius 1 is 1.33 bits per heavy atom. The smallest absolute Gasteiger partial charge is 0.230 e. The van der Waals surface area contributed by atoms with Crippen LogP contribution in [0, 0.1) is 5.92 Å². The Hall–Kier alpha value is -1.97. The summed E-state index contributed by atoms with van der Waals surface area (Å²) in [5.74, 6) is 2.04. The molecule has 21 heavy (non-hydrogen) atoms. The van der Waals surface area contributed by atoms with E-state index in [1.807, 2.05) is 24.3 Å². The van der Waals surface area contributed by atoms with Crippen molar-refractivity contribution < 1.29 is 9.26 Å². The van der Waals surface area contributed by atoms with E-state index >= 15 is 0 Å². The number of ether oxygens (including phenoxy) is 1. The largest absolute Gasteiger partial charge is 0.497 e. The number of aryl methyl sites for hydroxylation is 1. The van der Waals surface area contributed by atoms with Gasteiger partial charge in [-0.25, -0.2) is 0 Å². The number of benzene rings is 1. The lowest BCUT2D eigenvalue weighted by atomic mass is 9.97. The molecular weight excluding hydrogens is 264 g/mol. The minimum Gasteiger partial charge on any atom is -0.497 e. The van der Waals surface area contributed by atoms with Gasteiger partial charge in [-0.2, -0.15) is 0 Å². The first-order valence-electron chi connectivity index (χ1n) is 7.66. The maximum atomic E-state index is 5.98. The number of nitrogen functional groups attached to an aromatic ring is 1. The van der Waals surface area contributed by atoms with Crippen LogP contribution >= 0.6 is 0 Å². The van der Waals surface area contributed by atoms with Crippen molar-refractivity contribution in [1.29, 1.82) is 0 Å². The van der Waals surface area contributed by atoms with Gasteiger partial charge in [-0.15, -0.1) is 0 Å². The number of hydrogen-bond acceptors (Lipinski definition) is 4. The fourth-order valence-corrected chi connectivity index (χ4v) is 3.24. The van der Waals surface area contributed by atoms with Crippen LogP contribution in [0.3, 0.4) is 0 Å². The molecule has 1 aliphatic rings. The lowest BCUT2D eigenvalue weighted by Gasteiger charge is -2.08. The van der Waals surface area contributed by atoms with Crippen LogP contribution < -0.4 is 10.5 Å². The number of nitrogens with two attached hydrogens (primary N) is 1. The zero-order valence-electron chi connectivity index (χ0n) is 12.5. The van der Waals surface area contributed by atoms with E-state index in [0.29, 0.717) is 5.88 Å². The molecule has 0 bridgehead atoms. The van der Waals surface area contributed by atoms with E-state index in [0.717, 1.165) is 34.9 Å². The standard InChI is InChI=1S/C17H22N2O2/c1-20-14-8-4-7-13(11-14)16-15(19-21-17(16)18)10-9-12-5-2-3-6-12/h4,7-8,11-12H,2-3,5-6,9-10,18H2,1H3. The molecule has 0 amide bonds. The lowest BCUT2D eigenvalue weighted by molar-refractivity contribution is 0.415. The molecule has 0 atom stereocenters. The van der Waals surface area contributed by atoms with Crippen LogP contribution in [-0.2, 0) is 6.42 Å². The highest BCUT2D eigenvalue weighted by atomic mass is 16.5. The Bertz CT molecular complexity index is 601. The third kappa shape index (κ3) is 3.04. The maximum absolute atomic E-state index is 5.98. The molecule has 4 heteroatoms. The molecule has 1 aromatic heterocycles. The second-order valence-electron chi connectivity index (χ2n) is 5.79. The molecule has 0 spiro atoms. The SMILES string of the molecule is COc1cccc(-c2c(CCC3CCCC3)noc2N)c1. The summed E-state index contributed by atoms with van der Waals surface area (Å²) in [5.41, 5.74) is 8.88. The van der Waals surface area contributed by atoms with Crippen molar-refractivity contribution in [2.75, 3.05) is 12.8 Å². The second-order valence-corrected chi connectivity index (χ2v) is 5.79. The van der Waals surface area contributed by atoms with Gasteiger partial charge < -0.3 is 15.0 Å². The van der Waals surface area contributed by atoms with Gasteiger partial charge in [0.2, 0.25) is 5.88 Å². The highest BCUT2D eigenvalue weighted by Crippen LogP contribution is 2.34. The molecule has 1 fully saturated rings. The third-order valence-corrected chi connectivity index (χ3v) is 4.41. The summed E-state index contributed by atoms with van der Waals surface area (Å²) in [5, 5.41) is 4.17. The molecule has 1 aliphatic carbocycles. The van der Waals surface area contributed by atoms with E-state index in [1.54, 1.807) is 7.11 Å². The maximum Gasteiger partial charge on any atom is 0.230 e. The average Bonchev–Trinajstić information content (AvgIpc) is 3.14. The van der Waals surface area contributed by atoms with Gasteiger partial charge in [0.25, 0.3) is 0 Å². The lowest BCUT2D eigenvalue weighted by Crippen LogP contribution is -1.98. The fourth-order valence-electron chi connectivity index (χ4n) is 3.24. The quantitative estimate of drug-likeness (QED) is 0.900. The van der Waals surface area contributed by atoms with E-state index in [1.165, 1.54) is 32.1 Å². The predicted octanol–water partition coefficient (Wildman–Crippen LogP) is 4.06. The topological polar surface area (TPSA) is 61.3 Å². The first-order valence-corrected chi connectivity index (χ1v) is 7.66. The van der Waals surface area contributed by atoms with Crippen LogP contribution in [0.4, 0.5) is 5.88 Å². The zero-order valence-corrected chi connectivity index (χ0v) is 12.5. The van der Waals surface area contributed by atoms with Crippen molar-refractivity contribution in [2.24, 2.45) is 5.92 Å². The summed E-state index contributed by atoms with van der Waals surface area (Å²) >= 11 is 0. The minimum absolute atomic E-state index is 0.393. The molecule has 2 N–H and O–H groups in total. The van der Waals surface area contributed by atoms with Gasteiger partial charge in [-0.1, -0.05) is 43.0 Å². The molecule has 4 nitrogen and oxygen atoms in total. The molecule has 112 valence electrons. The molecule has 3 rings (SSSR count). The van der Waals surface area contributed by atoms with Crippen LogP contribution in [-0.4, -0.2) is 12.3 Å². The fraction of sp³-hybridized carbons (Fsp3) is 0.471. The van der Waals surface area contributed by atoms with Crippen molar-refractivity contribution in [1.82, 2.24) is 5.16 Å². The summed E-state index contributed by atoms with van der Waals surface area (Å²) in [6, 6.07) is 7.87. The monoisotopic (exact) mass is 286 g/mol. The predicted molar refractivity (Wildman–Crippen MR) is 83.2 cm³/mol. The number of nitrogens with zero attached hydrogens (tertiary/aromatic N) is 1. The summed E-state index contributed by atoms with van der Waals surface area (Å²) in [6.45, 7) is 0. The molecule has 0 aliphatic heterocycles. The molecule has 0 unspecified atom stereocenters. The number of methoxy groups -OCH3 is 1. The van der Waals surface area contributed by atoms with Gasteiger partial charge in [0.1, 0.15) is 5.75 Å². The van der Waals surface area contributed by atoms with E-state index in [4.69, 9.17) is 15.0 Å². The molecular formula is C17H22N2O2. The van der Waals surface area contributed by atoms with Crippen molar-refractivity contribution in [2.45, 2.75) is 38.5 Å². The second kappa shape index (κ2) is 6.20. The first-order chi connectivity index (χ1) is 10.3. The zero-order chi connectivity index (χ0) is 14.7.